The van der Waals surface area contributed by atoms with Crippen LogP contribution in [-0.4, -0.2) is 55.3 Å². The summed E-state index contributed by atoms with van der Waals surface area (Å²) in [5.74, 6) is -0.106. The highest BCUT2D eigenvalue weighted by Gasteiger charge is 2.16. The molecule has 0 aromatic carbocycles. The third-order valence-electron chi connectivity index (χ3n) is 2.64. The van der Waals surface area contributed by atoms with E-state index in [0.717, 1.165) is 0 Å². The largest absolute Gasteiger partial charge is 0.380 e. The molecule has 0 saturated carbocycles. The number of ether oxygens (including phenoxy) is 2. The molecule has 1 aromatic rings. The van der Waals surface area contributed by atoms with Gasteiger partial charge in [0.1, 0.15) is 10.3 Å². The topological polar surface area (TPSA) is 51.7 Å². The average Bonchev–Trinajstić information content (AvgIpc) is 2.45. The fourth-order valence-electron chi connectivity index (χ4n) is 1.64. The monoisotopic (exact) mass is 344 g/mol. The van der Waals surface area contributed by atoms with Crippen LogP contribution in [0.25, 0.3) is 0 Å². The van der Waals surface area contributed by atoms with Gasteiger partial charge in [0.25, 0.3) is 5.91 Å². The Balaban J connectivity index is 2.66. The van der Waals surface area contributed by atoms with Crippen molar-refractivity contribution in [1.29, 1.82) is 0 Å². The number of carbonyl (C=O) groups is 1. The zero-order chi connectivity index (χ0) is 14.8. The number of nitrogens with zero attached hydrogens (tertiary/aromatic N) is 2. The zero-order valence-corrected chi connectivity index (χ0v) is 13.6. The van der Waals surface area contributed by atoms with Gasteiger partial charge in [0.05, 0.1) is 13.2 Å². The van der Waals surface area contributed by atoms with Crippen LogP contribution in [0.15, 0.2) is 22.8 Å². The summed E-state index contributed by atoms with van der Waals surface area (Å²) in [6.45, 7) is 7.25. The SMILES string of the molecule is CCOCCN(CCOCC)C(=O)c1cccc(Br)n1. The molecule has 0 N–H and O–H groups in total. The Morgan fingerprint density at radius 2 is 1.80 bits per heavy atom. The summed E-state index contributed by atoms with van der Waals surface area (Å²) in [5, 5.41) is 0. The number of hydrogen-bond donors (Lipinski definition) is 0. The molecule has 0 unspecified atom stereocenters. The van der Waals surface area contributed by atoms with E-state index < -0.39 is 0 Å². The van der Waals surface area contributed by atoms with Gasteiger partial charge in [0.2, 0.25) is 0 Å². The molecule has 112 valence electrons. The van der Waals surface area contributed by atoms with Crippen molar-refractivity contribution in [3.63, 3.8) is 0 Å². The molecular weight excluding hydrogens is 324 g/mol. The smallest absolute Gasteiger partial charge is 0.272 e. The summed E-state index contributed by atoms with van der Waals surface area (Å²) >= 11 is 3.28. The fourth-order valence-corrected chi connectivity index (χ4v) is 1.99. The Morgan fingerprint density at radius 1 is 1.20 bits per heavy atom. The summed E-state index contributed by atoms with van der Waals surface area (Å²) < 4.78 is 11.3. The van der Waals surface area contributed by atoms with Gasteiger partial charge in [0, 0.05) is 26.3 Å². The Kier molecular flexibility index (Phi) is 8.41. The van der Waals surface area contributed by atoms with Crippen molar-refractivity contribution in [2.45, 2.75) is 13.8 Å². The summed E-state index contributed by atoms with van der Waals surface area (Å²) in [5.41, 5.74) is 0.423. The predicted octanol–water partition coefficient (Wildman–Crippen LogP) is 2.36. The van der Waals surface area contributed by atoms with Gasteiger partial charge >= 0.3 is 0 Å². The summed E-state index contributed by atoms with van der Waals surface area (Å²) in [6, 6.07) is 5.30. The first kappa shape index (κ1) is 17.1. The van der Waals surface area contributed by atoms with Gasteiger partial charge in [-0.25, -0.2) is 4.98 Å². The van der Waals surface area contributed by atoms with Crippen LogP contribution < -0.4 is 0 Å². The first-order valence-electron chi connectivity index (χ1n) is 6.76. The lowest BCUT2D eigenvalue weighted by Crippen LogP contribution is -2.37. The van der Waals surface area contributed by atoms with Gasteiger partial charge in [-0.15, -0.1) is 0 Å². The highest BCUT2D eigenvalue weighted by atomic mass is 79.9. The van der Waals surface area contributed by atoms with E-state index in [1.54, 1.807) is 23.1 Å². The molecule has 1 aromatic heterocycles. The first-order valence-corrected chi connectivity index (χ1v) is 7.55. The summed E-state index contributed by atoms with van der Waals surface area (Å²) in [4.78, 5) is 18.3. The number of rotatable bonds is 9. The van der Waals surface area contributed by atoms with Crippen LogP contribution in [0, 0.1) is 0 Å². The predicted molar refractivity (Wildman–Crippen MR) is 80.8 cm³/mol. The maximum absolute atomic E-state index is 12.4. The van der Waals surface area contributed by atoms with Gasteiger partial charge in [-0.1, -0.05) is 6.07 Å². The highest BCUT2D eigenvalue weighted by molar-refractivity contribution is 9.10. The van der Waals surface area contributed by atoms with Crippen molar-refractivity contribution < 1.29 is 14.3 Å². The van der Waals surface area contributed by atoms with E-state index in [-0.39, 0.29) is 5.91 Å². The lowest BCUT2D eigenvalue weighted by atomic mass is 10.3. The Labute approximate surface area is 128 Å². The van der Waals surface area contributed by atoms with Crippen LogP contribution in [-0.2, 0) is 9.47 Å². The molecule has 0 atom stereocenters. The Bertz CT molecular complexity index is 405. The number of amides is 1. The van der Waals surface area contributed by atoms with Crippen LogP contribution in [0.1, 0.15) is 24.3 Å². The highest BCUT2D eigenvalue weighted by Crippen LogP contribution is 2.08. The molecule has 5 nitrogen and oxygen atoms in total. The van der Waals surface area contributed by atoms with Crippen LogP contribution in [0.4, 0.5) is 0 Å². The molecule has 6 heteroatoms. The molecule has 0 fully saturated rings. The minimum Gasteiger partial charge on any atom is -0.380 e. The van der Waals surface area contributed by atoms with E-state index in [9.17, 15) is 4.79 Å². The first-order chi connectivity index (χ1) is 9.69. The Morgan fingerprint density at radius 3 is 2.30 bits per heavy atom. The second kappa shape index (κ2) is 9.85. The third-order valence-corrected chi connectivity index (χ3v) is 3.08. The van der Waals surface area contributed by atoms with E-state index in [4.69, 9.17) is 9.47 Å². The quantitative estimate of drug-likeness (QED) is 0.509. The molecule has 0 saturated heterocycles. The second-order valence-corrected chi connectivity index (χ2v) is 4.84. The molecule has 0 spiro atoms. The van der Waals surface area contributed by atoms with Crippen molar-refractivity contribution >= 4 is 21.8 Å². The fraction of sp³-hybridized carbons (Fsp3) is 0.571. The van der Waals surface area contributed by atoms with Gasteiger partial charge in [-0.3, -0.25) is 4.79 Å². The molecule has 0 bridgehead atoms. The second-order valence-electron chi connectivity index (χ2n) is 4.03. The van der Waals surface area contributed by atoms with Gasteiger partial charge in [0.15, 0.2) is 0 Å². The molecular formula is C14H21BrN2O3. The van der Waals surface area contributed by atoms with Gasteiger partial charge in [-0.05, 0) is 41.9 Å². The number of carbonyl (C=O) groups excluding carboxylic acids is 1. The van der Waals surface area contributed by atoms with Gasteiger partial charge < -0.3 is 14.4 Å². The molecule has 0 aliphatic rings. The molecule has 0 aliphatic heterocycles. The van der Waals surface area contributed by atoms with Crippen molar-refractivity contribution in [3.05, 3.63) is 28.5 Å². The normalized spacial score (nSPS) is 10.6. The van der Waals surface area contributed by atoms with E-state index in [0.29, 0.717) is 49.8 Å². The molecule has 1 heterocycles. The van der Waals surface area contributed by atoms with Crippen LogP contribution in [0.5, 0.6) is 0 Å². The molecule has 20 heavy (non-hydrogen) atoms. The van der Waals surface area contributed by atoms with Crippen molar-refractivity contribution in [2.24, 2.45) is 0 Å². The maximum Gasteiger partial charge on any atom is 0.272 e. The summed E-state index contributed by atoms with van der Waals surface area (Å²) in [7, 11) is 0. The van der Waals surface area contributed by atoms with Crippen molar-refractivity contribution in [1.82, 2.24) is 9.88 Å². The van der Waals surface area contributed by atoms with Crippen LogP contribution >= 0.6 is 15.9 Å². The number of aromatic nitrogens is 1. The van der Waals surface area contributed by atoms with Gasteiger partial charge in [-0.2, -0.15) is 0 Å². The average molecular weight is 345 g/mol. The molecule has 1 amide bonds. The standard InChI is InChI=1S/C14H21BrN2O3/c1-3-19-10-8-17(9-11-20-4-2)14(18)12-6-5-7-13(15)16-12/h5-7H,3-4,8-11H2,1-2H3. The van der Waals surface area contributed by atoms with Crippen LogP contribution in [0.2, 0.25) is 0 Å². The van der Waals surface area contributed by atoms with E-state index >= 15 is 0 Å². The summed E-state index contributed by atoms with van der Waals surface area (Å²) in [6.07, 6.45) is 0. The van der Waals surface area contributed by atoms with E-state index in [2.05, 4.69) is 20.9 Å². The Hall–Kier alpha value is -0.980. The van der Waals surface area contributed by atoms with E-state index in [1.807, 2.05) is 13.8 Å². The molecule has 1 rings (SSSR count). The zero-order valence-electron chi connectivity index (χ0n) is 12.0. The van der Waals surface area contributed by atoms with Crippen molar-refractivity contribution in [3.8, 4) is 0 Å². The minimum atomic E-state index is -0.106. The van der Waals surface area contributed by atoms with Crippen molar-refractivity contribution in [2.75, 3.05) is 39.5 Å². The molecule has 0 aliphatic carbocycles. The molecule has 0 radical (unpaired) electrons. The lowest BCUT2D eigenvalue weighted by molar-refractivity contribution is 0.0545. The van der Waals surface area contributed by atoms with E-state index in [1.165, 1.54) is 0 Å². The third kappa shape index (κ3) is 5.98. The minimum absolute atomic E-state index is 0.106. The maximum atomic E-state index is 12.4. The van der Waals surface area contributed by atoms with Crippen LogP contribution in [0.3, 0.4) is 0 Å². The number of hydrogen-bond acceptors (Lipinski definition) is 4. The number of pyridine rings is 1. The lowest BCUT2D eigenvalue weighted by Gasteiger charge is -2.22. The number of halogens is 1.